The number of nitrogens with zero attached hydrogens (tertiary/aromatic N) is 1. The summed E-state index contributed by atoms with van der Waals surface area (Å²) in [7, 11) is 1.64. The Morgan fingerprint density at radius 3 is 2.74 bits per heavy atom. The second-order valence-corrected chi connectivity index (χ2v) is 8.76. The van der Waals surface area contributed by atoms with Gasteiger partial charge in [-0.15, -0.1) is 0 Å². The molecular formula is C24H25N4O3+. The van der Waals surface area contributed by atoms with Crippen molar-refractivity contribution in [3.05, 3.63) is 65.4 Å². The molecule has 0 unspecified atom stereocenters. The second kappa shape index (κ2) is 7.27. The van der Waals surface area contributed by atoms with E-state index in [2.05, 4.69) is 34.5 Å². The Balaban J connectivity index is 1.57. The number of Topliss-reactive ketones (excluding diaryl/α,β-unsaturated/α-hetero) is 1. The first-order valence-corrected chi connectivity index (χ1v) is 10.4. The van der Waals surface area contributed by atoms with Crippen molar-refractivity contribution in [1.29, 1.82) is 0 Å². The monoisotopic (exact) mass is 417 g/mol. The van der Waals surface area contributed by atoms with Crippen LogP contribution in [0.2, 0.25) is 0 Å². The number of ether oxygens (including phenoxy) is 1. The van der Waals surface area contributed by atoms with E-state index in [0.29, 0.717) is 24.0 Å². The third kappa shape index (κ3) is 3.56. The number of rotatable bonds is 3. The van der Waals surface area contributed by atoms with Crippen molar-refractivity contribution in [1.82, 2.24) is 10.3 Å². The maximum atomic E-state index is 13.2. The van der Waals surface area contributed by atoms with Gasteiger partial charge in [0.15, 0.2) is 11.4 Å². The largest absolute Gasteiger partial charge is 0.496 e. The van der Waals surface area contributed by atoms with Crippen molar-refractivity contribution in [3.8, 4) is 5.75 Å². The molecule has 0 amide bonds. The Morgan fingerprint density at radius 1 is 1.16 bits per heavy atom. The number of hydrogen-bond acceptors (Lipinski definition) is 6. The molecule has 5 rings (SSSR count). The summed E-state index contributed by atoms with van der Waals surface area (Å²) in [5, 5.41) is 6.60. The average molecular weight is 417 g/mol. The third-order valence-corrected chi connectivity index (χ3v) is 5.75. The smallest absolute Gasteiger partial charge is 0.365 e. The Morgan fingerprint density at radius 2 is 1.94 bits per heavy atom. The summed E-state index contributed by atoms with van der Waals surface area (Å²) in [4.78, 5) is 21.1. The topological polar surface area (TPSA) is 90.4 Å². The molecule has 3 N–H and O–H groups in total. The number of anilines is 1. The molecule has 1 aromatic heterocycles. The van der Waals surface area contributed by atoms with Crippen LogP contribution in [0.25, 0.3) is 11.1 Å². The van der Waals surface area contributed by atoms with E-state index in [1.165, 1.54) is 0 Å². The van der Waals surface area contributed by atoms with Crippen LogP contribution in [0.3, 0.4) is 0 Å². The molecular weight excluding hydrogens is 392 g/mol. The lowest BCUT2D eigenvalue weighted by Crippen LogP contribution is -2.82. The second-order valence-electron chi connectivity index (χ2n) is 8.76. The Hall–Kier alpha value is -3.61. The fourth-order valence-corrected chi connectivity index (χ4v) is 4.42. The van der Waals surface area contributed by atoms with Crippen molar-refractivity contribution in [2.75, 3.05) is 12.4 Å². The minimum Gasteiger partial charge on any atom is -0.496 e. The molecule has 158 valence electrons. The van der Waals surface area contributed by atoms with Gasteiger partial charge in [0.2, 0.25) is 0 Å². The van der Waals surface area contributed by atoms with Crippen LogP contribution < -0.4 is 20.4 Å². The number of hydrogen-bond donors (Lipinski definition) is 3. The zero-order chi connectivity index (χ0) is 21.6. The fraction of sp³-hybridized carbons (Fsp3) is 0.292. The van der Waals surface area contributed by atoms with Crippen LogP contribution in [-0.4, -0.2) is 23.8 Å². The molecule has 0 fully saturated rings. The first-order valence-electron chi connectivity index (χ1n) is 10.4. The van der Waals surface area contributed by atoms with Gasteiger partial charge in [-0.2, -0.15) is 10.3 Å². The van der Waals surface area contributed by atoms with Crippen molar-refractivity contribution >= 4 is 28.9 Å². The number of oxazole rings is 1. The number of fused-ring (bicyclic) bond motifs is 1. The maximum absolute atomic E-state index is 13.2. The van der Waals surface area contributed by atoms with Crippen molar-refractivity contribution in [2.45, 2.75) is 32.7 Å². The van der Waals surface area contributed by atoms with E-state index >= 15 is 0 Å². The van der Waals surface area contributed by atoms with Gasteiger partial charge < -0.3 is 9.15 Å². The van der Waals surface area contributed by atoms with Crippen LogP contribution in [0.1, 0.15) is 38.3 Å². The summed E-state index contributed by atoms with van der Waals surface area (Å²) in [6, 6.07) is 15.4. The third-order valence-electron chi connectivity index (χ3n) is 5.75. The van der Waals surface area contributed by atoms with Crippen LogP contribution in [-0.2, 0) is 4.79 Å². The van der Waals surface area contributed by atoms with E-state index in [1.54, 1.807) is 7.11 Å². The Labute approximate surface area is 180 Å². The quantitative estimate of drug-likeness (QED) is 0.607. The van der Waals surface area contributed by atoms with E-state index in [4.69, 9.17) is 9.15 Å². The number of methoxy groups -OCH3 is 1. The molecule has 1 aliphatic heterocycles. The van der Waals surface area contributed by atoms with Crippen molar-refractivity contribution in [3.63, 3.8) is 0 Å². The lowest BCUT2D eigenvalue weighted by Gasteiger charge is -2.34. The van der Waals surface area contributed by atoms with E-state index in [-0.39, 0.29) is 17.2 Å². The van der Waals surface area contributed by atoms with Crippen molar-refractivity contribution in [2.24, 2.45) is 5.41 Å². The van der Waals surface area contributed by atoms with Gasteiger partial charge >= 0.3 is 12.0 Å². The summed E-state index contributed by atoms with van der Waals surface area (Å²) in [5.74, 6) is 1.49. The lowest BCUT2D eigenvalue weighted by atomic mass is 9.73. The molecule has 7 nitrogen and oxygen atoms in total. The number of carbonyl (C=O) groups is 1. The first-order chi connectivity index (χ1) is 14.9. The molecule has 0 saturated carbocycles. The molecule has 2 aliphatic rings. The first kappa shape index (κ1) is 19.4. The number of para-hydroxylation sites is 3. The zero-order valence-electron chi connectivity index (χ0n) is 17.8. The molecule has 2 aromatic carbocycles. The Kier molecular flexibility index (Phi) is 4.54. The number of guanidine groups is 1. The maximum Gasteiger partial charge on any atom is 0.365 e. The van der Waals surface area contributed by atoms with Gasteiger partial charge in [-0.1, -0.05) is 44.2 Å². The van der Waals surface area contributed by atoms with Crippen LogP contribution in [0.5, 0.6) is 5.75 Å². The van der Waals surface area contributed by atoms with Crippen LogP contribution in [0.4, 0.5) is 6.01 Å². The van der Waals surface area contributed by atoms with E-state index in [9.17, 15) is 4.79 Å². The molecule has 0 saturated heterocycles. The summed E-state index contributed by atoms with van der Waals surface area (Å²) >= 11 is 0. The summed E-state index contributed by atoms with van der Waals surface area (Å²) in [6.07, 6.45) is 1.27. The molecule has 0 bridgehead atoms. The zero-order valence-corrected chi connectivity index (χ0v) is 17.8. The molecule has 31 heavy (non-hydrogen) atoms. The van der Waals surface area contributed by atoms with Gasteiger partial charge in [-0.25, -0.2) is 5.32 Å². The SMILES string of the molecule is COc1ccccc1[C@H]1[NH+]=C(Nc2nc3ccccc3o2)NC2=C1C(=O)CC(C)(C)C2. The highest BCUT2D eigenvalue weighted by Gasteiger charge is 2.42. The van der Waals surface area contributed by atoms with Gasteiger partial charge in [-0.3, -0.25) is 9.79 Å². The van der Waals surface area contributed by atoms with Gasteiger partial charge in [0.25, 0.3) is 0 Å². The Bertz CT molecular complexity index is 1210. The fourth-order valence-electron chi connectivity index (χ4n) is 4.42. The summed E-state index contributed by atoms with van der Waals surface area (Å²) in [5.41, 5.74) is 3.94. The number of allylic oxidation sites excluding steroid dienone is 1. The molecule has 1 atom stereocenters. The number of aromatic nitrogens is 1. The number of ketones is 1. The molecule has 7 heteroatoms. The van der Waals surface area contributed by atoms with E-state index in [0.717, 1.165) is 34.5 Å². The highest BCUT2D eigenvalue weighted by molar-refractivity contribution is 6.01. The predicted octanol–water partition coefficient (Wildman–Crippen LogP) is 2.67. The highest BCUT2D eigenvalue weighted by atomic mass is 16.5. The van der Waals surface area contributed by atoms with Gasteiger partial charge in [-0.05, 0) is 23.6 Å². The molecule has 1 aliphatic carbocycles. The van der Waals surface area contributed by atoms with E-state index < -0.39 is 0 Å². The number of nitrogens with one attached hydrogen (secondary N) is 3. The molecule has 2 heterocycles. The predicted molar refractivity (Wildman–Crippen MR) is 118 cm³/mol. The van der Waals surface area contributed by atoms with Crippen LogP contribution in [0, 0.1) is 5.41 Å². The van der Waals surface area contributed by atoms with Gasteiger partial charge in [0.05, 0.1) is 18.4 Å². The summed E-state index contributed by atoms with van der Waals surface area (Å²) in [6.45, 7) is 4.23. The minimum absolute atomic E-state index is 0.117. The normalized spacial score (nSPS) is 20.2. The van der Waals surface area contributed by atoms with Crippen molar-refractivity contribution < 1.29 is 18.9 Å². The molecule has 0 radical (unpaired) electrons. The van der Waals surface area contributed by atoms with E-state index in [1.807, 2.05) is 48.5 Å². The number of carbonyl (C=O) groups excluding carboxylic acids is 1. The molecule has 3 aromatic rings. The van der Waals surface area contributed by atoms with Gasteiger partial charge in [0, 0.05) is 18.4 Å². The summed E-state index contributed by atoms with van der Waals surface area (Å²) < 4.78 is 11.4. The lowest BCUT2D eigenvalue weighted by molar-refractivity contribution is -0.502. The standard InChI is InChI=1S/C24H24N4O3/c1-24(2)12-16-20(17(29)13-24)21(14-8-4-6-10-18(14)30-3)27-22(25-16)28-23-26-15-9-5-7-11-19(15)31-23/h4-11,21H,12-13H2,1-3H3,(H2,25,26,27,28)/p+1/t21-/m1/s1. The minimum atomic E-state index is -0.345. The average Bonchev–Trinajstić information content (AvgIpc) is 3.14. The number of benzene rings is 2. The van der Waals surface area contributed by atoms with Crippen LogP contribution >= 0.6 is 0 Å². The van der Waals surface area contributed by atoms with Crippen LogP contribution in [0.15, 0.2) is 64.2 Å². The molecule has 0 spiro atoms. The highest BCUT2D eigenvalue weighted by Crippen LogP contribution is 2.40. The van der Waals surface area contributed by atoms with Gasteiger partial charge in [0.1, 0.15) is 17.3 Å².